The van der Waals surface area contributed by atoms with Gasteiger partial charge < -0.3 is 40.2 Å². The van der Waals surface area contributed by atoms with Crippen molar-refractivity contribution >= 4 is 24.0 Å². The van der Waals surface area contributed by atoms with E-state index in [9.17, 15) is 19.2 Å². The molecule has 0 spiro atoms. The molecule has 0 aromatic heterocycles. The molecule has 38 heavy (non-hydrogen) atoms. The van der Waals surface area contributed by atoms with E-state index in [0.29, 0.717) is 50.7 Å². The fourth-order valence-electron chi connectivity index (χ4n) is 2.66. The van der Waals surface area contributed by atoms with Gasteiger partial charge in [0.1, 0.15) is 13.2 Å². The highest BCUT2D eigenvalue weighted by Crippen LogP contribution is 1.96. The average Bonchev–Trinajstić information content (AvgIpc) is 2.88. The first-order chi connectivity index (χ1) is 18.2. The van der Waals surface area contributed by atoms with E-state index in [1.807, 2.05) is 0 Å². The number of carbonyl (C=O) groups excluding carboxylic acids is 4. The highest BCUT2D eigenvalue weighted by Gasteiger charge is 2.05. The Morgan fingerprint density at radius 3 is 1.16 bits per heavy atom. The van der Waals surface area contributed by atoms with Crippen LogP contribution in [0.4, 0.5) is 9.59 Å². The zero-order chi connectivity index (χ0) is 28.4. The minimum atomic E-state index is -0.469. The summed E-state index contributed by atoms with van der Waals surface area (Å²) < 4.78 is 20.9. The zero-order valence-corrected chi connectivity index (χ0v) is 23.0. The second kappa shape index (κ2) is 24.2. The Kier molecular flexibility index (Phi) is 22.2. The standard InChI is InChI=1S/C26H46N4O8/c1-21(2)23(31)37-19-13-29-25(33)27-11-5-7-15-35-17-9-10-18-36-16-8-6-12-28-26(34)30-14-20-38-24(32)22(3)4/h1,3,5-20H2,2,4H3,(H2,27,29,33)(H2,28,30,34). The monoisotopic (exact) mass is 542 g/mol. The van der Waals surface area contributed by atoms with Gasteiger partial charge in [0.15, 0.2) is 0 Å². The summed E-state index contributed by atoms with van der Waals surface area (Å²) in [4.78, 5) is 45.6. The molecule has 0 aromatic carbocycles. The van der Waals surface area contributed by atoms with Crippen molar-refractivity contribution < 1.29 is 38.1 Å². The number of hydrogen-bond donors (Lipinski definition) is 4. The molecular formula is C26H46N4O8. The van der Waals surface area contributed by atoms with Gasteiger partial charge in [-0.25, -0.2) is 19.2 Å². The molecule has 0 aromatic rings. The summed E-state index contributed by atoms with van der Waals surface area (Å²) in [7, 11) is 0. The number of rotatable bonds is 23. The summed E-state index contributed by atoms with van der Waals surface area (Å²) in [5.74, 6) is -0.939. The maximum Gasteiger partial charge on any atom is 0.333 e. The molecule has 0 rings (SSSR count). The summed E-state index contributed by atoms with van der Waals surface area (Å²) in [5, 5.41) is 10.7. The quantitative estimate of drug-likeness (QED) is 0.0871. The van der Waals surface area contributed by atoms with Gasteiger partial charge in [0.2, 0.25) is 0 Å². The van der Waals surface area contributed by atoms with E-state index in [2.05, 4.69) is 34.4 Å². The lowest BCUT2D eigenvalue weighted by Crippen LogP contribution is -2.38. The van der Waals surface area contributed by atoms with Gasteiger partial charge in [-0.15, -0.1) is 0 Å². The van der Waals surface area contributed by atoms with Crippen molar-refractivity contribution in [3.8, 4) is 0 Å². The predicted octanol–water partition coefficient (Wildman–Crippen LogP) is 2.20. The largest absolute Gasteiger partial charge is 0.460 e. The molecule has 4 amide bonds. The minimum Gasteiger partial charge on any atom is -0.460 e. The minimum absolute atomic E-state index is 0.107. The van der Waals surface area contributed by atoms with E-state index in [4.69, 9.17) is 18.9 Å². The molecule has 0 saturated carbocycles. The topological polar surface area (TPSA) is 153 Å². The molecule has 12 nitrogen and oxygen atoms in total. The van der Waals surface area contributed by atoms with Gasteiger partial charge >= 0.3 is 24.0 Å². The molecule has 12 heteroatoms. The second-order valence-corrected chi connectivity index (χ2v) is 8.54. The lowest BCUT2D eigenvalue weighted by molar-refractivity contribution is -0.139. The number of urea groups is 2. The number of carbonyl (C=O) groups is 4. The number of nitrogens with one attached hydrogen (secondary N) is 4. The highest BCUT2D eigenvalue weighted by molar-refractivity contribution is 5.87. The maximum absolute atomic E-state index is 11.6. The van der Waals surface area contributed by atoms with Gasteiger partial charge in [-0.3, -0.25) is 0 Å². The van der Waals surface area contributed by atoms with Crippen molar-refractivity contribution in [3.05, 3.63) is 24.3 Å². The Labute approximate surface area is 226 Å². The molecule has 0 atom stereocenters. The van der Waals surface area contributed by atoms with Crippen molar-refractivity contribution in [1.29, 1.82) is 0 Å². The van der Waals surface area contributed by atoms with Crippen LogP contribution in [-0.2, 0) is 28.5 Å². The number of hydrogen-bond acceptors (Lipinski definition) is 8. The SMILES string of the molecule is C=C(C)C(=O)OCCNC(=O)NCCCCOCCCCOCCCCNC(=O)NCCOC(=O)C(=C)C. The Morgan fingerprint density at radius 1 is 0.500 bits per heavy atom. The van der Waals surface area contributed by atoms with Crippen LogP contribution < -0.4 is 21.3 Å². The summed E-state index contributed by atoms with van der Waals surface area (Å²) in [6, 6.07) is -0.593. The summed E-state index contributed by atoms with van der Waals surface area (Å²) in [6.07, 6.45) is 5.15. The number of ether oxygens (including phenoxy) is 4. The second-order valence-electron chi connectivity index (χ2n) is 8.54. The van der Waals surface area contributed by atoms with Crippen LogP contribution in [0.15, 0.2) is 24.3 Å². The molecule has 0 unspecified atom stereocenters. The fraction of sp³-hybridized carbons (Fsp3) is 0.692. The van der Waals surface area contributed by atoms with Crippen molar-refractivity contribution in [2.24, 2.45) is 0 Å². The Morgan fingerprint density at radius 2 is 0.816 bits per heavy atom. The van der Waals surface area contributed by atoms with Crippen LogP contribution in [0, 0.1) is 0 Å². The van der Waals surface area contributed by atoms with E-state index in [-0.39, 0.29) is 38.4 Å². The van der Waals surface area contributed by atoms with E-state index in [1.165, 1.54) is 0 Å². The van der Waals surface area contributed by atoms with E-state index < -0.39 is 11.9 Å². The normalized spacial score (nSPS) is 10.3. The first-order valence-electron chi connectivity index (χ1n) is 13.1. The number of amides is 4. The molecule has 218 valence electrons. The molecule has 0 radical (unpaired) electrons. The smallest absolute Gasteiger partial charge is 0.333 e. The summed E-state index contributed by atoms with van der Waals surface area (Å²) >= 11 is 0. The third kappa shape index (κ3) is 23.3. The zero-order valence-electron chi connectivity index (χ0n) is 23.0. The summed E-state index contributed by atoms with van der Waals surface area (Å²) in [5.41, 5.74) is 0.649. The Bertz CT molecular complexity index is 670. The van der Waals surface area contributed by atoms with Crippen LogP contribution in [0.1, 0.15) is 52.4 Å². The van der Waals surface area contributed by atoms with Crippen LogP contribution in [-0.4, -0.2) is 89.8 Å². The lowest BCUT2D eigenvalue weighted by atomic mass is 10.3. The highest BCUT2D eigenvalue weighted by atomic mass is 16.5. The van der Waals surface area contributed by atoms with Crippen LogP contribution in [0.5, 0.6) is 0 Å². The van der Waals surface area contributed by atoms with Crippen molar-refractivity contribution in [1.82, 2.24) is 21.3 Å². The van der Waals surface area contributed by atoms with Crippen molar-refractivity contribution in [2.45, 2.75) is 52.4 Å². The fourth-order valence-corrected chi connectivity index (χ4v) is 2.66. The van der Waals surface area contributed by atoms with Crippen molar-refractivity contribution in [2.75, 3.05) is 65.8 Å². The van der Waals surface area contributed by atoms with Crippen LogP contribution in [0.25, 0.3) is 0 Å². The third-order valence-corrected chi connectivity index (χ3v) is 4.77. The van der Waals surface area contributed by atoms with Gasteiger partial charge in [0.05, 0.1) is 13.1 Å². The van der Waals surface area contributed by atoms with Crippen LogP contribution in [0.3, 0.4) is 0 Å². The maximum atomic E-state index is 11.6. The van der Waals surface area contributed by atoms with Gasteiger partial charge in [-0.1, -0.05) is 13.2 Å². The molecule has 0 aliphatic heterocycles. The van der Waals surface area contributed by atoms with Gasteiger partial charge in [0.25, 0.3) is 0 Å². The van der Waals surface area contributed by atoms with E-state index in [1.54, 1.807) is 13.8 Å². The Balaban J connectivity index is 3.30. The van der Waals surface area contributed by atoms with Gasteiger partial charge in [0, 0.05) is 50.7 Å². The van der Waals surface area contributed by atoms with E-state index in [0.717, 1.165) is 38.5 Å². The van der Waals surface area contributed by atoms with Crippen molar-refractivity contribution in [3.63, 3.8) is 0 Å². The van der Waals surface area contributed by atoms with Gasteiger partial charge in [-0.2, -0.15) is 0 Å². The predicted molar refractivity (Wildman–Crippen MR) is 144 cm³/mol. The molecular weight excluding hydrogens is 496 g/mol. The molecule has 0 heterocycles. The lowest BCUT2D eigenvalue weighted by Gasteiger charge is -2.09. The molecule has 0 aliphatic rings. The summed E-state index contributed by atoms with van der Waals surface area (Å²) in [6.45, 7) is 14.5. The third-order valence-electron chi connectivity index (χ3n) is 4.77. The average molecular weight is 543 g/mol. The first kappa shape index (κ1) is 34.9. The molecule has 0 saturated heterocycles. The van der Waals surface area contributed by atoms with Gasteiger partial charge in [-0.05, 0) is 52.4 Å². The molecule has 0 aliphatic carbocycles. The molecule has 0 bridgehead atoms. The number of unbranched alkanes of at least 4 members (excludes halogenated alkanes) is 3. The molecule has 0 fully saturated rings. The van der Waals surface area contributed by atoms with E-state index >= 15 is 0 Å². The van der Waals surface area contributed by atoms with Crippen LogP contribution >= 0.6 is 0 Å². The van der Waals surface area contributed by atoms with Crippen LogP contribution in [0.2, 0.25) is 0 Å². The number of esters is 2. The Hall–Kier alpha value is -3.12. The molecule has 4 N–H and O–H groups in total. The first-order valence-corrected chi connectivity index (χ1v) is 13.1.